The largest absolute Gasteiger partial charge is 0.464 e. The number of aromatic nitrogens is 8. The van der Waals surface area contributed by atoms with E-state index in [2.05, 4.69) is 46.5 Å². The van der Waals surface area contributed by atoms with Gasteiger partial charge in [-0.2, -0.15) is 0 Å². The normalized spacial score (nSPS) is 10.8. The van der Waals surface area contributed by atoms with Gasteiger partial charge < -0.3 is 25.4 Å². The van der Waals surface area contributed by atoms with E-state index in [0.29, 0.717) is 61.8 Å². The van der Waals surface area contributed by atoms with Gasteiger partial charge in [-0.15, -0.1) is 10.2 Å². The first-order valence-corrected chi connectivity index (χ1v) is 20.0. The summed E-state index contributed by atoms with van der Waals surface area (Å²) in [6.07, 6.45) is 10.5. The average Bonchev–Trinajstić information content (AvgIpc) is 4.04. The van der Waals surface area contributed by atoms with Crippen molar-refractivity contribution in [2.24, 2.45) is 0 Å². The van der Waals surface area contributed by atoms with Gasteiger partial charge in [-0.05, 0) is 82.4 Å². The van der Waals surface area contributed by atoms with Crippen molar-refractivity contribution in [1.29, 1.82) is 0 Å². The molecule has 0 aliphatic carbocycles. The van der Waals surface area contributed by atoms with Gasteiger partial charge in [-0.3, -0.25) is 14.4 Å². The Kier molecular flexibility index (Phi) is 14.2. The van der Waals surface area contributed by atoms with Crippen LogP contribution in [0.5, 0.6) is 0 Å². The van der Waals surface area contributed by atoms with E-state index in [4.69, 9.17) is 9.47 Å². The summed E-state index contributed by atoms with van der Waals surface area (Å²) in [7, 11) is 1.27. The molecule has 8 rings (SSSR count). The summed E-state index contributed by atoms with van der Waals surface area (Å²) in [6.45, 7) is 4.68. The Morgan fingerprint density at radius 2 is 1.10 bits per heavy atom. The fourth-order valence-electron chi connectivity index (χ4n) is 6.81. The summed E-state index contributed by atoms with van der Waals surface area (Å²) < 4.78 is 13.5. The molecular formula is C46H43N11O6. The Labute approximate surface area is 361 Å². The van der Waals surface area contributed by atoms with E-state index in [0.717, 1.165) is 32.7 Å². The molecule has 0 saturated heterocycles. The highest BCUT2D eigenvalue weighted by atomic mass is 16.5. The average molecular weight is 846 g/mol. The molecule has 0 saturated carbocycles. The number of hydrogen-bond acceptors (Lipinski definition) is 12. The number of nitrogens with one attached hydrogen (secondary N) is 3. The zero-order valence-electron chi connectivity index (χ0n) is 34.5. The van der Waals surface area contributed by atoms with Gasteiger partial charge in [0.25, 0.3) is 17.7 Å². The molecule has 4 heterocycles. The minimum atomic E-state index is -0.617. The van der Waals surface area contributed by atoms with E-state index in [1.54, 1.807) is 70.5 Å². The predicted octanol–water partition coefficient (Wildman–Crippen LogP) is 6.20. The second-order valence-corrected chi connectivity index (χ2v) is 13.8. The second-order valence-electron chi connectivity index (χ2n) is 13.8. The molecule has 0 atom stereocenters. The van der Waals surface area contributed by atoms with Gasteiger partial charge in [-0.25, -0.2) is 24.1 Å². The zero-order valence-corrected chi connectivity index (χ0v) is 34.5. The second kappa shape index (κ2) is 20.9. The Hall–Kier alpha value is -8.18. The van der Waals surface area contributed by atoms with Crippen LogP contribution in [0.3, 0.4) is 0 Å². The minimum Gasteiger partial charge on any atom is -0.464 e. The van der Waals surface area contributed by atoms with E-state index in [1.807, 2.05) is 67.6 Å². The Morgan fingerprint density at radius 3 is 1.59 bits per heavy atom. The number of pyridine rings is 2. The van der Waals surface area contributed by atoms with Crippen LogP contribution in [-0.4, -0.2) is 90.5 Å². The summed E-state index contributed by atoms with van der Waals surface area (Å²) in [6, 6.07) is 29.3. The Balaban J connectivity index is 0.000000191. The summed E-state index contributed by atoms with van der Waals surface area (Å²) in [5.74, 6) is -1.62. The van der Waals surface area contributed by atoms with Gasteiger partial charge in [0.1, 0.15) is 0 Å². The van der Waals surface area contributed by atoms with Crippen molar-refractivity contribution in [3.8, 4) is 0 Å². The van der Waals surface area contributed by atoms with Gasteiger partial charge in [0.05, 0.1) is 44.0 Å². The number of rotatable bonds is 15. The first-order chi connectivity index (χ1) is 30.8. The third kappa shape index (κ3) is 10.6. The molecule has 8 aromatic rings. The molecule has 17 heteroatoms. The lowest BCUT2D eigenvalue weighted by atomic mass is 9.99. The molecule has 0 aliphatic rings. The number of methoxy groups -OCH3 is 1. The summed E-state index contributed by atoms with van der Waals surface area (Å²) in [4.78, 5) is 59.0. The van der Waals surface area contributed by atoms with Crippen molar-refractivity contribution in [2.45, 2.75) is 26.4 Å². The maximum absolute atomic E-state index is 13.2. The fourth-order valence-corrected chi connectivity index (χ4v) is 6.81. The molecule has 17 nitrogen and oxygen atoms in total. The molecule has 3 amide bonds. The van der Waals surface area contributed by atoms with Gasteiger partial charge >= 0.3 is 5.97 Å². The molecular weight excluding hydrogens is 803 g/mol. The Bertz CT molecular complexity index is 2850. The van der Waals surface area contributed by atoms with Gasteiger partial charge in [0.15, 0.2) is 11.4 Å². The number of benzene rings is 4. The monoisotopic (exact) mass is 845 g/mol. The number of carbonyl (C=O) groups is 4. The first-order valence-electron chi connectivity index (χ1n) is 20.0. The molecule has 3 N–H and O–H groups in total. The van der Waals surface area contributed by atoms with Gasteiger partial charge in [0.2, 0.25) is 0 Å². The summed E-state index contributed by atoms with van der Waals surface area (Å²) in [5.41, 5.74) is 3.89. The van der Waals surface area contributed by atoms with E-state index in [9.17, 15) is 19.2 Å². The maximum Gasteiger partial charge on any atom is 0.358 e. The number of ether oxygens (including phenoxy) is 2. The molecule has 0 fully saturated rings. The van der Waals surface area contributed by atoms with Crippen molar-refractivity contribution >= 4 is 56.6 Å². The van der Waals surface area contributed by atoms with Crippen molar-refractivity contribution in [2.75, 3.05) is 37.5 Å². The predicted molar refractivity (Wildman–Crippen MR) is 235 cm³/mol. The van der Waals surface area contributed by atoms with Crippen molar-refractivity contribution in [3.05, 3.63) is 168 Å². The smallest absolute Gasteiger partial charge is 0.358 e. The molecule has 0 spiro atoms. The highest BCUT2D eigenvalue weighted by Crippen LogP contribution is 2.27. The molecule has 0 unspecified atom stereocenters. The van der Waals surface area contributed by atoms with Gasteiger partial charge in [0, 0.05) is 55.7 Å². The molecule has 318 valence electrons. The number of esters is 1. The third-order valence-corrected chi connectivity index (χ3v) is 9.79. The number of nitrogens with zero attached hydrogens (tertiary/aromatic N) is 8. The summed E-state index contributed by atoms with van der Waals surface area (Å²) >= 11 is 0. The lowest BCUT2D eigenvalue weighted by molar-refractivity contribution is 0.0595. The van der Waals surface area contributed by atoms with Crippen LogP contribution in [-0.2, 0) is 22.6 Å². The number of amides is 3. The number of fused-ring (bicyclic) bond motifs is 2. The minimum absolute atomic E-state index is 0.0513. The van der Waals surface area contributed by atoms with Crippen LogP contribution in [0.1, 0.15) is 66.2 Å². The van der Waals surface area contributed by atoms with E-state index >= 15 is 0 Å². The molecule has 0 radical (unpaired) electrons. The molecule has 0 aliphatic heterocycles. The van der Waals surface area contributed by atoms with Crippen LogP contribution in [0, 0.1) is 0 Å². The van der Waals surface area contributed by atoms with Crippen LogP contribution in [0.2, 0.25) is 0 Å². The van der Waals surface area contributed by atoms with Gasteiger partial charge in [-0.1, -0.05) is 71.1 Å². The zero-order chi connectivity index (χ0) is 44.0. The number of hydrogen-bond donors (Lipinski definition) is 3. The maximum atomic E-state index is 13.2. The van der Waals surface area contributed by atoms with Crippen LogP contribution in [0.4, 0.5) is 11.4 Å². The standard InChI is InChI=1S/C25H26N6O3.C21H17N5O3/c1-2-34-16-6-13-27-25(33)23-22(9-5-12-26-23)29-24(32)21-11-10-18(17-31-15-14-28-30-31)19-7-3-4-8-20(19)21;1-29-21(28)19-18(7-4-10-22-19)24-20(27)17-9-8-14(13-26-12-11-23-25-26)15-5-2-3-6-16(15)17/h3-5,7-12,14-15H,2,6,13,16-17H2,1H3,(H,27,33)(H,29,32);2-12H,13H2,1H3,(H,24,27). The SMILES string of the molecule is CCOCCCNC(=O)c1ncccc1NC(=O)c1ccc(Cn2ccnn2)c2ccccc12.COC(=O)c1ncccc1NC(=O)c1ccc(Cn2ccnn2)c2ccccc12. The van der Waals surface area contributed by atoms with Crippen molar-refractivity contribution < 1.29 is 28.7 Å². The lowest BCUT2D eigenvalue weighted by Gasteiger charge is -2.13. The lowest BCUT2D eigenvalue weighted by Crippen LogP contribution is -2.27. The number of carbonyl (C=O) groups excluding carboxylic acids is 4. The number of anilines is 2. The van der Waals surface area contributed by atoms with Crippen LogP contribution < -0.4 is 16.0 Å². The van der Waals surface area contributed by atoms with E-state index < -0.39 is 5.97 Å². The fraction of sp³-hybridized carbons (Fsp3) is 0.174. The highest BCUT2D eigenvalue weighted by Gasteiger charge is 2.20. The van der Waals surface area contributed by atoms with Crippen molar-refractivity contribution in [1.82, 2.24) is 45.3 Å². The molecule has 4 aromatic carbocycles. The summed E-state index contributed by atoms with van der Waals surface area (Å²) in [5, 5.41) is 27.7. The molecule has 0 bridgehead atoms. The quantitative estimate of drug-likeness (QED) is 0.0779. The van der Waals surface area contributed by atoms with E-state index in [1.165, 1.54) is 19.5 Å². The van der Waals surface area contributed by atoms with E-state index in [-0.39, 0.29) is 29.1 Å². The van der Waals surface area contributed by atoms with Crippen LogP contribution >= 0.6 is 0 Å². The molecule has 4 aromatic heterocycles. The van der Waals surface area contributed by atoms with Crippen LogP contribution in [0.25, 0.3) is 21.5 Å². The third-order valence-electron chi connectivity index (χ3n) is 9.79. The molecule has 63 heavy (non-hydrogen) atoms. The van der Waals surface area contributed by atoms with Crippen LogP contribution in [0.15, 0.2) is 134 Å². The topological polar surface area (TPSA) is 210 Å². The van der Waals surface area contributed by atoms with Crippen molar-refractivity contribution in [3.63, 3.8) is 0 Å². The first kappa shape index (κ1) is 42.9. The Morgan fingerprint density at radius 1 is 0.587 bits per heavy atom. The highest BCUT2D eigenvalue weighted by molar-refractivity contribution is 6.16.